The van der Waals surface area contributed by atoms with Crippen molar-refractivity contribution in [3.8, 4) is 0 Å². The Morgan fingerprint density at radius 2 is 1.30 bits per heavy atom. The molecule has 0 spiro atoms. The highest BCUT2D eigenvalue weighted by atomic mass is 16.4. The standard InChI is InChI=1S/C17H27N3O7/c1-3-12(21)4-5-13(22)9-20(10-14(23)6-7-17(26)27)11-16(25)19-8-15(24)18-2/h3-11H2,1-2H3,(H,18,24)(H,19,25)(H,26,27). The molecule has 0 radical (unpaired) electrons. The zero-order chi connectivity index (χ0) is 20.8. The summed E-state index contributed by atoms with van der Waals surface area (Å²) in [6.45, 7) is 0.659. The molecule has 0 aliphatic carbocycles. The molecule has 3 N–H and O–H groups in total. The van der Waals surface area contributed by atoms with Crippen molar-refractivity contribution in [3.05, 3.63) is 0 Å². The van der Waals surface area contributed by atoms with Gasteiger partial charge in [-0.15, -0.1) is 0 Å². The highest BCUT2D eigenvalue weighted by Gasteiger charge is 2.19. The van der Waals surface area contributed by atoms with Crippen LogP contribution in [0.2, 0.25) is 0 Å². The largest absolute Gasteiger partial charge is 0.481 e. The molecule has 10 nitrogen and oxygen atoms in total. The molecular weight excluding hydrogens is 358 g/mol. The third-order valence-electron chi connectivity index (χ3n) is 3.59. The van der Waals surface area contributed by atoms with Crippen LogP contribution in [-0.4, -0.2) is 78.4 Å². The van der Waals surface area contributed by atoms with Crippen molar-refractivity contribution in [1.29, 1.82) is 0 Å². The van der Waals surface area contributed by atoms with Gasteiger partial charge in [0.15, 0.2) is 0 Å². The second-order valence-electron chi connectivity index (χ2n) is 5.96. The number of Topliss-reactive ketones (excluding diaryl/α,β-unsaturated/α-hetero) is 3. The summed E-state index contributed by atoms with van der Waals surface area (Å²) >= 11 is 0. The average Bonchev–Trinajstić information content (AvgIpc) is 2.62. The van der Waals surface area contributed by atoms with E-state index in [2.05, 4.69) is 10.6 Å². The van der Waals surface area contributed by atoms with Gasteiger partial charge in [-0.1, -0.05) is 6.92 Å². The smallest absolute Gasteiger partial charge is 0.303 e. The van der Waals surface area contributed by atoms with Gasteiger partial charge in [-0.3, -0.25) is 33.7 Å². The van der Waals surface area contributed by atoms with Crippen LogP contribution in [-0.2, 0) is 28.8 Å². The van der Waals surface area contributed by atoms with E-state index < -0.39 is 23.6 Å². The molecule has 0 aromatic rings. The van der Waals surface area contributed by atoms with Crippen molar-refractivity contribution in [1.82, 2.24) is 15.5 Å². The van der Waals surface area contributed by atoms with Gasteiger partial charge in [0.1, 0.15) is 17.3 Å². The molecule has 0 aliphatic rings. The maximum absolute atomic E-state index is 12.0. The zero-order valence-corrected chi connectivity index (χ0v) is 15.7. The Hall–Kier alpha value is -2.62. The molecule has 0 saturated carbocycles. The van der Waals surface area contributed by atoms with Gasteiger partial charge in [-0.2, -0.15) is 0 Å². The van der Waals surface area contributed by atoms with Gasteiger partial charge in [-0.05, 0) is 0 Å². The molecule has 0 heterocycles. The van der Waals surface area contributed by atoms with E-state index >= 15 is 0 Å². The van der Waals surface area contributed by atoms with Gasteiger partial charge in [0.2, 0.25) is 11.8 Å². The molecule has 0 aromatic heterocycles. The fraction of sp³-hybridized carbons (Fsp3) is 0.647. The molecule has 2 amide bonds. The van der Waals surface area contributed by atoms with E-state index in [-0.39, 0.29) is 63.4 Å². The molecule has 0 unspecified atom stereocenters. The topological polar surface area (TPSA) is 150 Å². The summed E-state index contributed by atoms with van der Waals surface area (Å²) in [5.41, 5.74) is 0. The first-order valence-corrected chi connectivity index (χ1v) is 8.64. The molecule has 0 bridgehead atoms. The molecule has 10 heteroatoms. The third kappa shape index (κ3) is 13.3. The number of nitrogens with zero attached hydrogens (tertiary/aromatic N) is 1. The van der Waals surface area contributed by atoms with Gasteiger partial charge in [0, 0.05) is 32.7 Å². The van der Waals surface area contributed by atoms with E-state index in [9.17, 15) is 28.8 Å². The first kappa shape index (κ1) is 24.4. The predicted molar refractivity (Wildman–Crippen MR) is 94.9 cm³/mol. The van der Waals surface area contributed by atoms with E-state index in [1.165, 1.54) is 11.9 Å². The van der Waals surface area contributed by atoms with Crippen molar-refractivity contribution in [2.45, 2.75) is 39.0 Å². The first-order valence-electron chi connectivity index (χ1n) is 8.64. The highest BCUT2D eigenvalue weighted by Crippen LogP contribution is 2.01. The summed E-state index contributed by atoms with van der Waals surface area (Å²) in [4.78, 5) is 70.1. The van der Waals surface area contributed by atoms with Crippen molar-refractivity contribution in [2.24, 2.45) is 0 Å². The summed E-state index contributed by atoms with van der Waals surface area (Å²) in [6.07, 6.45) is -0.124. The first-order chi connectivity index (χ1) is 12.7. The number of aliphatic carboxylic acids is 1. The Kier molecular flexibility index (Phi) is 12.2. The van der Waals surface area contributed by atoms with Crippen LogP contribution in [0.3, 0.4) is 0 Å². The van der Waals surface area contributed by atoms with Gasteiger partial charge >= 0.3 is 5.97 Å². The molecule has 0 fully saturated rings. The third-order valence-corrected chi connectivity index (χ3v) is 3.59. The highest BCUT2D eigenvalue weighted by molar-refractivity contribution is 5.90. The Bertz CT molecular complexity index is 541. The van der Waals surface area contributed by atoms with Gasteiger partial charge in [-0.25, -0.2) is 0 Å². The lowest BCUT2D eigenvalue weighted by molar-refractivity contribution is -0.139. The number of amides is 2. The number of carbonyl (C=O) groups is 6. The van der Waals surface area contributed by atoms with E-state index in [0.717, 1.165) is 0 Å². The quantitative estimate of drug-likeness (QED) is 0.322. The number of carboxylic acid groups (broad SMARTS) is 1. The maximum Gasteiger partial charge on any atom is 0.303 e. The Morgan fingerprint density at radius 3 is 1.78 bits per heavy atom. The summed E-state index contributed by atoms with van der Waals surface area (Å²) in [7, 11) is 1.41. The number of likely N-dealkylation sites (N-methyl/N-ethyl adjacent to an activating group) is 1. The lowest BCUT2D eigenvalue weighted by Crippen LogP contribution is -2.44. The number of carboxylic acids is 1. The fourth-order valence-corrected chi connectivity index (χ4v) is 2.05. The minimum Gasteiger partial charge on any atom is -0.481 e. The number of carbonyl (C=O) groups excluding carboxylic acids is 5. The van der Waals surface area contributed by atoms with Gasteiger partial charge < -0.3 is 15.7 Å². The molecule has 0 aromatic carbocycles. The molecule has 27 heavy (non-hydrogen) atoms. The number of ketones is 3. The van der Waals surface area contributed by atoms with Crippen molar-refractivity contribution in [3.63, 3.8) is 0 Å². The zero-order valence-electron chi connectivity index (χ0n) is 15.7. The monoisotopic (exact) mass is 385 g/mol. The minimum atomic E-state index is -1.12. The fourth-order valence-electron chi connectivity index (χ4n) is 2.05. The summed E-state index contributed by atoms with van der Waals surface area (Å²) in [5, 5.41) is 13.3. The average molecular weight is 385 g/mol. The number of rotatable bonds is 15. The SMILES string of the molecule is CCC(=O)CCC(=O)CN(CC(=O)CCC(=O)O)CC(=O)NCC(=O)NC. The summed E-state index contributed by atoms with van der Waals surface area (Å²) < 4.78 is 0. The van der Waals surface area contributed by atoms with Gasteiger partial charge in [0.05, 0.1) is 32.6 Å². The lowest BCUT2D eigenvalue weighted by atomic mass is 10.1. The number of hydrogen-bond acceptors (Lipinski definition) is 7. The Morgan fingerprint density at radius 1 is 0.778 bits per heavy atom. The normalized spacial score (nSPS) is 10.3. The Balaban J connectivity index is 4.72. The minimum absolute atomic E-state index is 0.00630. The molecule has 152 valence electrons. The van der Waals surface area contributed by atoms with Crippen LogP contribution in [0.1, 0.15) is 39.0 Å². The second-order valence-corrected chi connectivity index (χ2v) is 5.96. The molecule has 0 atom stereocenters. The van der Waals surface area contributed by atoms with Crippen LogP contribution < -0.4 is 10.6 Å². The van der Waals surface area contributed by atoms with E-state index in [1.807, 2.05) is 0 Å². The number of nitrogens with one attached hydrogen (secondary N) is 2. The molecular formula is C17H27N3O7. The van der Waals surface area contributed by atoms with Crippen molar-refractivity contribution < 1.29 is 33.9 Å². The van der Waals surface area contributed by atoms with E-state index in [0.29, 0.717) is 6.42 Å². The summed E-state index contributed by atoms with van der Waals surface area (Å²) in [6, 6.07) is 0. The molecule has 0 aliphatic heterocycles. The Labute approximate surface area is 157 Å². The van der Waals surface area contributed by atoms with E-state index in [4.69, 9.17) is 5.11 Å². The van der Waals surface area contributed by atoms with E-state index in [1.54, 1.807) is 6.92 Å². The van der Waals surface area contributed by atoms with Crippen LogP contribution in [0.15, 0.2) is 0 Å². The van der Waals surface area contributed by atoms with Crippen molar-refractivity contribution >= 4 is 35.1 Å². The molecule has 0 rings (SSSR count). The van der Waals surface area contributed by atoms with Crippen molar-refractivity contribution in [2.75, 3.05) is 33.2 Å². The number of hydrogen-bond donors (Lipinski definition) is 3. The van der Waals surface area contributed by atoms with Gasteiger partial charge in [0.25, 0.3) is 0 Å². The predicted octanol–water partition coefficient (Wildman–Crippen LogP) is -1.09. The lowest BCUT2D eigenvalue weighted by Gasteiger charge is -2.20. The van der Waals surface area contributed by atoms with Crippen LogP contribution in [0.25, 0.3) is 0 Å². The summed E-state index contributed by atoms with van der Waals surface area (Å²) in [5.74, 6) is -2.86. The van der Waals surface area contributed by atoms with Crippen LogP contribution >= 0.6 is 0 Å². The van der Waals surface area contributed by atoms with Crippen LogP contribution in [0.4, 0.5) is 0 Å². The molecule has 0 saturated heterocycles. The van der Waals surface area contributed by atoms with Crippen LogP contribution in [0.5, 0.6) is 0 Å². The van der Waals surface area contributed by atoms with Crippen LogP contribution in [0, 0.1) is 0 Å². The second kappa shape index (κ2) is 13.6. The maximum atomic E-state index is 12.0.